The van der Waals surface area contributed by atoms with Crippen molar-refractivity contribution >= 4 is 0 Å². The van der Waals surface area contributed by atoms with Crippen molar-refractivity contribution in [3.8, 4) is 0 Å². The predicted octanol–water partition coefficient (Wildman–Crippen LogP) is 1.69. The number of hydrogen-bond acceptors (Lipinski definition) is 3. The van der Waals surface area contributed by atoms with Crippen molar-refractivity contribution in [3.63, 3.8) is 0 Å². The predicted molar refractivity (Wildman–Crippen MR) is 65.1 cm³/mol. The normalized spacial score (nSPS) is 23.0. The molecule has 2 atom stereocenters. The molecule has 1 aromatic rings. The van der Waals surface area contributed by atoms with E-state index < -0.39 is 11.6 Å². The molecule has 0 aromatic heterocycles. The van der Waals surface area contributed by atoms with Crippen LogP contribution < -0.4 is 5.73 Å². The smallest absolute Gasteiger partial charge is 0.163 e. The Labute approximate surface area is 106 Å². The third-order valence-electron chi connectivity index (χ3n) is 3.41. The zero-order valence-corrected chi connectivity index (χ0v) is 10.4. The molecule has 1 fully saturated rings. The second kappa shape index (κ2) is 5.73. The van der Waals surface area contributed by atoms with E-state index >= 15 is 0 Å². The fraction of sp³-hybridized carbons (Fsp3) is 0.538. The Morgan fingerprint density at radius 3 is 3.00 bits per heavy atom. The SMILES string of the molecule is CC(c1cccc(F)c1F)N1CCOC(CN)C1. The van der Waals surface area contributed by atoms with Crippen LogP contribution in [0.2, 0.25) is 0 Å². The molecule has 1 aliphatic rings. The van der Waals surface area contributed by atoms with E-state index in [1.54, 1.807) is 6.07 Å². The lowest BCUT2D eigenvalue weighted by atomic mass is 10.0. The van der Waals surface area contributed by atoms with E-state index in [9.17, 15) is 8.78 Å². The first kappa shape index (κ1) is 13.4. The van der Waals surface area contributed by atoms with E-state index in [-0.39, 0.29) is 12.1 Å². The number of morpholine rings is 1. The zero-order valence-electron chi connectivity index (χ0n) is 10.4. The average molecular weight is 256 g/mol. The third-order valence-corrected chi connectivity index (χ3v) is 3.41. The molecule has 1 aromatic carbocycles. The van der Waals surface area contributed by atoms with Gasteiger partial charge in [0, 0.05) is 31.2 Å². The van der Waals surface area contributed by atoms with Crippen LogP contribution >= 0.6 is 0 Å². The number of nitrogens with zero attached hydrogens (tertiary/aromatic N) is 1. The molecule has 3 nitrogen and oxygen atoms in total. The summed E-state index contributed by atoms with van der Waals surface area (Å²) in [5.74, 6) is -1.57. The Balaban J connectivity index is 2.15. The minimum absolute atomic E-state index is 0.0298. The van der Waals surface area contributed by atoms with Crippen molar-refractivity contribution in [1.29, 1.82) is 0 Å². The molecule has 0 bridgehead atoms. The van der Waals surface area contributed by atoms with Crippen LogP contribution in [0.5, 0.6) is 0 Å². The molecular formula is C13H18F2N2O. The van der Waals surface area contributed by atoms with Gasteiger partial charge in [-0.05, 0) is 13.0 Å². The van der Waals surface area contributed by atoms with Crippen LogP contribution in [-0.4, -0.2) is 37.2 Å². The lowest BCUT2D eigenvalue weighted by Crippen LogP contribution is -2.46. The van der Waals surface area contributed by atoms with E-state index in [1.165, 1.54) is 6.07 Å². The minimum atomic E-state index is -0.803. The second-order valence-electron chi connectivity index (χ2n) is 4.54. The summed E-state index contributed by atoms with van der Waals surface area (Å²) in [6, 6.07) is 4.10. The Morgan fingerprint density at radius 1 is 1.50 bits per heavy atom. The first-order chi connectivity index (χ1) is 8.63. The van der Waals surface area contributed by atoms with Crippen LogP contribution in [0.3, 0.4) is 0 Å². The maximum atomic E-state index is 13.7. The van der Waals surface area contributed by atoms with Gasteiger partial charge in [0.25, 0.3) is 0 Å². The molecule has 100 valence electrons. The van der Waals surface area contributed by atoms with E-state index in [0.29, 0.717) is 31.8 Å². The van der Waals surface area contributed by atoms with E-state index in [0.717, 1.165) is 6.07 Å². The quantitative estimate of drug-likeness (QED) is 0.894. The summed E-state index contributed by atoms with van der Waals surface area (Å²) in [4.78, 5) is 2.07. The molecule has 1 aliphatic heterocycles. The molecule has 2 rings (SSSR count). The summed E-state index contributed by atoms with van der Waals surface area (Å²) in [6.45, 7) is 4.23. The van der Waals surface area contributed by atoms with Crippen molar-refractivity contribution in [2.45, 2.75) is 19.1 Å². The lowest BCUT2D eigenvalue weighted by molar-refractivity contribution is -0.0369. The van der Waals surface area contributed by atoms with Crippen LogP contribution in [-0.2, 0) is 4.74 Å². The van der Waals surface area contributed by atoms with Crippen LogP contribution in [0.1, 0.15) is 18.5 Å². The van der Waals surface area contributed by atoms with E-state index in [1.807, 2.05) is 6.92 Å². The average Bonchev–Trinajstić information content (AvgIpc) is 2.41. The van der Waals surface area contributed by atoms with Gasteiger partial charge in [-0.15, -0.1) is 0 Å². The third kappa shape index (κ3) is 2.68. The Kier molecular flexibility index (Phi) is 4.27. The molecule has 1 heterocycles. The molecule has 1 saturated heterocycles. The summed E-state index contributed by atoms with van der Waals surface area (Å²) in [6.07, 6.45) is -0.0298. The van der Waals surface area contributed by atoms with E-state index in [4.69, 9.17) is 10.5 Å². The van der Waals surface area contributed by atoms with Crippen LogP contribution in [0.15, 0.2) is 18.2 Å². The van der Waals surface area contributed by atoms with Gasteiger partial charge < -0.3 is 10.5 Å². The Bertz CT molecular complexity index is 414. The fourth-order valence-corrected chi connectivity index (χ4v) is 2.28. The highest BCUT2D eigenvalue weighted by molar-refractivity contribution is 5.22. The molecule has 0 amide bonds. The van der Waals surface area contributed by atoms with Gasteiger partial charge >= 0.3 is 0 Å². The molecule has 2 unspecified atom stereocenters. The molecule has 0 radical (unpaired) electrons. The first-order valence-corrected chi connectivity index (χ1v) is 6.13. The highest BCUT2D eigenvalue weighted by Crippen LogP contribution is 2.25. The topological polar surface area (TPSA) is 38.5 Å². The fourth-order valence-electron chi connectivity index (χ4n) is 2.28. The molecule has 18 heavy (non-hydrogen) atoms. The van der Waals surface area contributed by atoms with Gasteiger partial charge in [0.05, 0.1) is 12.7 Å². The second-order valence-corrected chi connectivity index (χ2v) is 4.54. The lowest BCUT2D eigenvalue weighted by Gasteiger charge is -2.36. The molecule has 2 N–H and O–H groups in total. The summed E-state index contributed by atoms with van der Waals surface area (Å²) >= 11 is 0. The molecule has 5 heteroatoms. The number of halogens is 2. The Morgan fingerprint density at radius 2 is 2.28 bits per heavy atom. The number of benzene rings is 1. The first-order valence-electron chi connectivity index (χ1n) is 6.13. The summed E-state index contributed by atoms with van der Waals surface area (Å²) < 4.78 is 32.4. The largest absolute Gasteiger partial charge is 0.374 e. The molecule has 0 saturated carbocycles. The summed E-state index contributed by atoms with van der Waals surface area (Å²) in [5, 5.41) is 0. The Hall–Kier alpha value is -1.04. The number of hydrogen-bond donors (Lipinski definition) is 1. The highest BCUT2D eigenvalue weighted by atomic mass is 19.2. The standard InChI is InChI=1S/C13H18F2N2O/c1-9(11-3-2-4-12(14)13(11)15)17-5-6-18-10(7-16)8-17/h2-4,9-10H,5-8,16H2,1H3. The molecular weight excluding hydrogens is 238 g/mol. The minimum Gasteiger partial charge on any atom is -0.374 e. The number of rotatable bonds is 3. The maximum Gasteiger partial charge on any atom is 0.163 e. The summed E-state index contributed by atoms with van der Waals surface area (Å²) in [7, 11) is 0. The summed E-state index contributed by atoms with van der Waals surface area (Å²) in [5.41, 5.74) is 5.95. The van der Waals surface area contributed by atoms with Crippen LogP contribution in [0, 0.1) is 11.6 Å². The van der Waals surface area contributed by atoms with Gasteiger partial charge in [0.2, 0.25) is 0 Å². The molecule has 0 aliphatic carbocycles. The van der Waals surface area contributed by atoms with Crippen molar-refractivity contribution < 1.29 is 13.5 Å². The number of ether oxygens (including phenoxy) is 1. The maximum absolute atomic E-state index is 13.7. The van der Waals surface area contributed by atoms with Gasteiger partial charge in [-0.2, -0.15) is 0 Å². The van der Waals surface area contributed by atoms with Crippen LogP contribution in [0.4, 0.5) is 8.78 Å². The van der Waals surface area contributed by atoms with Gasteiger partial charge in [-0.25, -0.2) is 8.78 Å². The van der Waals surface area contributed by atoms with Crippen molar-refractivity contribution in [2.24, 2.45) is 5.73 Å². The van der Waals surface area contributed by atoms with Crippen molar-refractivity contribution in [1.82, 2.24) is 4.90 Å². The molecule has 0 spiro atoms. The highest BCUT2D eigenvalue weighted by Gasteiger charge is 2.26. The van der Waals surface area contributed by atoms with Crippen LogP contribution in [0.25, 0.3) is 0 Å². The van der Waals surface area contributed by atoms with Crippen molar-refractivity contribution in [3.05, 3.63) is 35.4 Å². The zero-order chi connectivity index (χ0) is 13.1. The van der Waals surface area contributed by atoms with Gasteiger partial charge in [0.1, 0.15) is 0 Å². The van der Waals surface area contributed by atoms with Gasteiger partial charge in [0.15, 0.2) is 11.6 Å². The van der Waals surface area contributed by atoms with Gasteiger partial charge in [-0.3, -0.25) is 4.90 Å². The van der Waals surface area contributed by atoms with Gasteiger partial charge in [-0.1, -0.05) is 12.1 Å². The number of nitrogens with two attached hydrogens (primary N) is 1. The monoisotopic (exact) mass is 256 g/mol. The van der Waals surface area contributed by atoms with E-state index in [2.05, 4.69) is 4.90 Å². The van der Waals surface area contributed by atoms with Crippen molar-refractivity contribution in [2.75, 3.05) is 26.2 Å².